The second kappa shape index (κ2) is 27.8. The molecule has 12 aromatic heterocycles. The van der Waals surface area contributed by atoms with Gasteiger partial charge in [-0.3, -0.25) is 8.80 Å². The minimum atomic E-state index is -0.186. The van der Waals surface area contributed by atoms with Crippen molar-refractivity contribution in [3.8, 4) is 0 Å². The summed E-state index contributed by atoms with van der Waals surface area (Å²) in [6.07, 6.45) is 55.1. The molecule has 24 nitrogen and oxygen atoms in total. The van der Waals surface area contributed by atoms with Crippen molar-refractivity contribution in [1.29, 1.82) is 0 Å². The first-order valence-electron chi connectivity index (χ1n) is 43.7. The molecular weight excluding hydrogens is 1620 g/mol. The Morgan fingerprint density at radius 1 is 0.289 bits per heavy atom. The van der Waals surface area contributed by atoms with Crippen molar-refractivity contribution in [3.05, 3.63) is 325 Å². The molecule has 4 aromatic carbocycles. The number of imidazole rings is 4. The van der Waals surface area contributed by atoms with Gasteiger partial charge in [-0.05, 0) is 213 Å². The van der Waals surface area contributed by atoms with Crippen LogP contribution in [0.1, 0.15) is 128 Å². The number of aromatic nitrogens is 14. The van der Waals surface area contributed by atoms with Gasteiger partial charge in [0.1, 0.15) is 11.0 Å². The summed E-state index contributed by atoms with van der Waals surface area (Å²) >= 11 is 3.48. The van der Waals surface area contributed by atoms with Gasteiger partial charge in [-0.1, -0.05) is 202 Å². The van der Waals surface area contributed by atoms with Crippen LogP contribution < -0.4 is 0 Å². The standard InChI is InChI=1S/C47H41B4N11O2.C47H41B4N11S2/c2*1-46(2,3)32-13-15-35-39(63-44-55-34-12-11-21-53-42(34)61(35)44)37(32)30-17-26-59-49-20-8-10-25-58(49)51-29-31(18-27-60(51)48-19-7-9-24-57(48)50(59)28-30)38-33(47(4,5)6)14-16-36-40(38)64-45-56-41-43(62(36)45)54-23-22-52-41/h2*7-29H,1-6H3. The average Bonchev–Trinajstić information content (AvgIpc) is 1.48. The molecule has 0 radical (unpaired) electrons. The van der Waals surface area contributed by atoms with E-state index in [0.29, 0.717) is 28.6 Å². The molecule has 10 aliphatic heterocycles. The lowest BCUT2D eigenvalue weighted by molar-refractivity contribution is 0.584. The average molecular weight is 1700 g/mol. The maximum atomic E-state index is 6.75. The third-order valence-corrected chi connectivity index (χ3v) is 28.6. The molecule has 0 saturated carbocycles. The second-order valence-corrected chi connectivity index (χ2v) is 40.3. The maximum Gasteiger partial charge on any atom is 0.381 e. The van der Waals surface area contributed by atoms with Crippen LogP contribution >= 0.6 is 22.7 Å². The van der Waals surface area contributed by atoms with Crippen LogP contribution in [0.4, 0.5) is 0 Å². The molecule has 616 valence electrons. The summed E-state index contributed by atoms with van der Waals surface area (Å²) in [6, 6.07) is 25.8. The molecule has 2 fully saturated rings. The first-order valence-corrected chi connectivity index (χ1v) is 45.4. The summed E-state index contributed by atoms with van der Waals surface area (Å²) in [4.78, 5) is 49.2. The number of rotatable bonds is 4. The van der Waals surface area contributed by atoms with Crippen LogP contribution in [0, 0.1) is 0 Å². The molecule has 0 bridgehead atoms. The summed E-state index contributed by atoms with van der Waals surface area (Å²) < 4.78 is 44.2. The Balaban J connectivity index is 0.000000139. The molecule has 16 aromatic rings. The molecule has 22 heterocycles. The first-order chi connectivity index (χ1) is 62.0. The number of nitrogens with zero attached hydrogens (tertiary/aromatic N) is 22. The van der Waals surface area contributed by atoms with E-state index in [1.54, 1.807) is 47.5 Å². The van der Waals surface area contributed by atoms with Gasteiger partial charge in [0.25, 0.3) is 0 Å². The molecule has 0 N–H and O–H groups in total. The summed E-state index contributed by atoms with van der Waals surface area (Å²) in [6.45, 7) is 26.5. The number of fused-ring (bicyclic) bond motifs is 36. The highest BCUT2D eigenvalue weighted by Gasteiger charge is 2.54. The molecular formula is C94H82B8N22O2S2. The molecule has 0 unspecified atom stereocenters. The van der Waals surface area contributed by atoms with Crippen LogP contribution in [-0.2, 0) is 21.7 Å². The maximum absolute atomic E-state index is 6.75. The van der Waals surface area contributed by atoms with Gasteiger partial charge in [0, 0.05) is 59.4 Å². The van der Waals surface area contributed by atoms with Crippen LogP contribution in [0.25, 0.3) is 131 Å². The highest BCUT2D eigenvalue weighted by molar-refractivity contribution is 7.24. The van der Waals surface area contributed by atoms with Crippen LogP contribution in [0.3, 0.4) is 0 Å². The smallest absolute Gasteiger partial charge is 0.381 e. The summed E-state index contributed by atoms with van der Waals surface area (Å²) in [5.74, 6) is 20.0. The predicted molar refractivity (Wildman–Crippen MR) is 525 cm³/mol. The fraction of sp³-hybridized carbons (Fsp3) is 0.170. The first kappa shape index (κ1) is 76.5. The number of thiazole rings is 2. The Labute approximate surface area is 748 Å². The van der Waals surface area contributed by atoms with Crippen molar-refractivity contribution >= 4 is 210 Å². The molecule has 0 atom stereocenters. The predicted octanol–water partition coefficient (Wildman–Crippen LogP) is 18.1. The monoisotopic (exact) mass is 1700 g/mol. The van der Waals surface area contributed by atoms with E-state index in [1.807, 2.05) is 45.5 Å². The number of benzene rings is 4. The Morgan fingerprint density at radius 2 is 0.609 bits per heavy atom. The number of oxazole rings is 2. The van der Waals surface area contributed by atoms with Gasteiger partial charge in [-0.15, -0.1) is 0 Å². The third-order valence-electron chi connectivity index (χ3n) is 26.5. The normalized spacial score (nSPS) is 17.4. The van der Waals surface area contributed by atoms with Crippen molar-refractivity contribution in [2.75, 3.05) is 0 Å². The molecule has 0 aliphatic carbocycles. The zero-order valence-corrected chi connectivity index (χ0v) is 74.3. The van der Waals surface area contributed by atoms with Gasteiger partial charge in [0.05, 0.1) is 31.5 Å². The molecule has 0 spiro atoms. The van der Waals surface area contributed by atoms with Gasteiger partial charge in [-0.2, -0.15) is 15.0 Å². The van der Waals surface area contributed by atoms with E-state index in [9.17, 15) is 0 Å². The number of hydrogen-bond acceptors (Lipinski definition) is 22. The lowest BCUT2D eigenvalue weighted by atomic mass is 9.41. The van der Waals surface area contributed by atoms with Gasteiger partial charge >= 0.3 is 67.5 Å². The van der Waals surface area contributed by atoms with E-state index >= 15 is 0 Å². The van der Waals surface area contributed by atoms with Gasteiger partial charge in [-0.25, -0.2) is 43.7 Å². The molecule has 10 aliphatic rings. The summed E-state index contributed by atoms with van der Waals surface area (Å²) in [5, 5.41) is 0. The van der Waals surface area contributed by atoms with E-state index in [4.69, 9.17) is 43.7 Å². The summed E-state index contributed by atoms with van der Waals surface area (Å²) in [5.41, 5.74) is 25.4. The Morgan fingerprint density at radius 3 is 1.03 bits per heavy atom. The highest BCUT2D eigenvalue weighted by Crippen LogP contribution is 2.49. The van der Waals surface area contributed by atoms with Crippen LogP contribution in [0.15, 0.2) is 289 Å². The number of pyridine rings is 2. The van der Waals surface area contributed by atoms with Crippen LogP contribution in [0.2, 0.25) is 0 Å². The van der Waals surface area contributed by atoms with Crippen molar-refractivity contribution in [3.63, 3.8) is 0 Å². The van der Waals surface area contributed by atoms with E-state index < -0.39 is 0 Å². The molecule has 2 saturated heterocycles. The highest BCUT2D eigenvalue weighted by atomic mass is 32.1. The SMILES string of the molecule is CC(C)(C)c1ccc2c(oc3nc4cccnc4n32)c1C1=CB2N(C=C1)B1C=CC=CN1B1C=C(c3c(C(C)(C)C)ccc4c3oc3nc5nccnc5n34)C=CN1B1C=CC=CN12.CC(C)(C)c1ccc2c(sc3nc4cccnc4n32)c1C1=CB2N(C=C1)B1C=CC=CN1B1C=C(c3c(C(C)(C)C)ccc4c3sc3nc5nccnc5n34)C=CN1B1C=CC=CN12. The molecule has 128 heavy (non-hydrogen) atoms. The zero-order valence-electron chi connectivity index (χ0n) is 72.6. The fourth-order valence-corrected chi connectivity index (χ4v) is 23.1. The van der Waals surface area contributed by atoms with E-state index in [2.05, 4.69) is 363 Å². The van der Waals surface area contributed by atoms with Crippen molar-refractivity contribution in [2.45, 2.75) is 105 Å². The molecule has 0 amide bonds. The zero-order chi connectivity index (χ0) is 86.4. The second-order valence-electron chi connectivity index (χ2n) is 38.3. The third kappa shape index (κ3) is 11.5. The van der Waals surface area contributed by atoms with E-state index in [0.717, 1.165) is 93.4 Å². The lowest BCUT2D eigenvalue weighted by Crippen LogP contribution is -2.73. The van der Waals surface area contributed by atoms with E-state index in [1.165, 1.54) is 53.9 Å². The van der Waals surface area contributed by atoms with Crippen molar-refractivity contribution in [1.82, 2.24) is 105 Å². The number of hydrogen-bond donors (Lipinski definition) is 0. The lowest BCUT2D eigenvalue weighted by Gasteiger charge is -2.53. The van der Waals surface area contributed by atoms with Crippen molar-refractivity contribution < 1.29 is 8.83 Å². The Hall–Kier alpha value is -14.0. The van der Waals surface area contributed by atoms with Gasteiger partial charge in [0.2, 0.25) is 5.65 Å². The Kier molecular flexibility index (Phi) is 16.6. The van der Waals surface area contributed by atoms with E-state index in [-0.39, 0.29) is 77.5 Å². The van der Waals surface area contributed by atoms with Crippen LogP contribution in [0.5, 0.6) is 0 Å². The number of allylic oxidation sites excluding steroid dienone is 16. The quantitative estimate of drug-likeness (QED) is 0.151. The largest absolute Gasteiger partial charge is 0.423 e. The van der Waals surface area contributed by atoms with Crippen LogP contribution in [-0.4, -0.2) is 161 Å². The minimum Gasteiger partial charge on any atom is -0.423 e. The fourth-order valence-electron chi connectivity index (χ4n) is 20.7. The molecule has 26 rings (SSSR count). The van der Waals surface area contributed by atoms with Crippen molar-refractivity contribution in [2.24, 2.45) is 0 Å². The molecule has 34 heteroatoms. The topological polar surface area (TPSA) is 199 Å². The summed E-state index contributed by atoms with van der Waals surface area (Å²) in [7, 11) is 0. The minimum absolute atomic E-state index is 0.0750. The van der Waals surface area contributed by atoms with Gasteiger partial charge < -0.3 is 46.6 Å². The van der Waals surface area contributed by atoms with Gasteiger partial charge in [0.15, 0.2) is 49.3 Å². The Bertz CT molecular complexity index is 7130.